The summed E-state index contributed by atoms with van der Waals surface area (Å²) >= 11 is 0. The molecule has 0 aliphatic rings. The first kappa shape index (κ1) is 19.0. The predicted molar refractivity (Wildman–Crippen MR) is 85.6 cm³/mol. The summed E-state index contributed by atoms with van der Waals surface area (Å²) < 4.78 is 10.0. The molecule has 2 aromatic carbocycles. The van der Waals surface area contributed by atoms with Crippen molar-refractivity contribution in [3.8, 4) is 0 Å². The summed E-state index contributed by atoms with van der Waals surface area (Å²) in [5, 5.41) is 0. The van der Waals surface area contributed by atoms with Crippen LogP contribution in [0.4, 0.5) is 0 Å². The molecule has 0 amide bonds. The van der Waals surface area contributed by atoms with Crippen LogP contribution in [0.25, 0.3) is 0 Å². The molecule has 112 valence electrons. The van der Waals surface area contributed by atoms with Gasteiger partial charge >= 0.3 is 60.8 Å². The van der Waals surface area contributed by atoms with Crippen LogP contribution in [-0.2, 0) is 32.3 Å². The van der Waals surface area contributed by atoms with Gasteiger partial charge < -0.3 is 9.47 Å². The third-order valence-electron chi connectivity index (χ3n) is 2.77. The first-order valence-electron chi connectivity index (χ1n) is 6.63. The van der Waals surface area contributed by atoms with Crippen molar-refractivity contribution in [2.45, 2.75) is 19.6 Å². The molecule has 0 aliphatic carbocycles. The van der Waals surface area contributed by atoms with E-state index in [1.807, 2.05) is 60.7 Å². The van der Waals surface area contributed by atoms with Gasteiger partial charge in [-0.2, -0.15) is 0 Å². The molecule has 0 heterocycles. The van der Waals surface area contributed by atoms with Crippen molar-refractivity contribution in [2.75, 3.05) is 0 Å². The molecule has 0 aliphatic heterocycles. The molecule has 2 rings (SSSR count). The number of hydrogen-bond acceptors (Lipinski definition) is 4. The van der Waals surface area contributed by atoms with E-state index in [-0.39, 0.29) is 68.5 Å². The van der Waals surface area contributed by atoms with Crippen LogP contribution in [0.3, 0.4) is 0 Å². The van der Waals surface area contributed by atoms with Gasteiger partial charge in [0, 0.05) is 0 Å². The summed E-state index contributed by atoms with van der Waals surface area (Å²) in [6.45, 7) is 0.317. The molecule has 0 N–H and O–H groups in total. The van der Waals surface area contributed by atoms with Crippen LogP contribution < -0.4 is 0 Å². The molecule has 22 heavy (non-hydrogen) atoms. The van der Waals surface area contributed by atoms with Crippen LogP contribution in [0.1, 0.15) is 17.5 Å². The standard InChI is InChI=1S/C17H16O4.Ba.2H/c18-16(20-12-14-7-3-1-4-8-14)11-17(19)21-13-15-9-5-2-6-10-15;;;/h1-10H,11-13H2;;;. The van der Waals surface area contributed by atoms with E-state index in [1.54, 1.807) is 0 Å². The van der Waals surface area contributed by atoms with Crippen LogP contribution in [0.5, 0.6) is 0 Å². The van der Waals surface area contributed by atoms with E-state index in [9.17, 15) is 9.59 Å². The van der Waals surface area contributed by atoms with Gasteiger partial charge in [-0.15, -0.1) is 0 Å². The van der Waals surface area contributed by atoms with Gasteiger partial charge in [0.05, 0.1) is 0 Å². The number of benzene rings is 2. The first-order chi connectivity index (χ1) is 10.2. The Hall–Kier alpha value is -1.05. The molecule has 0 saturated carbocycles. The van der Waals surface area contributed by atoms with Gasteiger partial charge in [-0.1, -0.05) is 60.7 Å². The summed E-state index contributed by atoms with van der Waals surface area (Å²) in [7, 11) is 0. The fourth-order valence-electron chi connectivity index (χ4n) is 1.70. The third kappa shape index (κ3) is 7.29. The van der Waals surface area contributed by atoms with E-state index in [0.29, 0.717) is 0 Å². The zero-order valence-corrected chi connectivity index (χ0v) is 11.5. The topological polar surface area (TPSA) is 52.6 Å². The molecular formula is C17H18BaO4. The predicted octanol–water partition coefficient (Wildman–Crippen LogP) is 1.95. The third-order valence-corrected chi connectivity index (χ3v) is 2.77. The van der Waals surface area contributed by atoms with E-state index in [4.69, 9.17) is 9.47 Å². The van der Waals surface area contributed by atoms with Gasteiger partial charge in [0.15, 0.2) is 0 Å². The zero-order chi connectivity index (χ0) is 14.9. The second-order valence-corrected chi connectivity index (χ2v) is 4.47. The van der Waals surface area contributed by atoms with Crippen LogP contribution in [0, 0.1) is 0 Å². The molecular weight excluding hydrogens is 406 g/mol. The van der Waals surface area contributed by atoms with E-state index < -0.39 is 11.9 Å². The summed E-state index contributed by atoms with van der Waals surface area (Å²) in [6, 6.07) is 18.6. The van der Waals surface area contributed by atoms with Crippen LogP contribution in [-0.4, -0.2) is 60.8 Å². The summed E-state index contributed by atoms with van der Waals surface area (Å²) in [4.78, 5) is 23.0. The van der Waals surface area contributed by atoms with Gasteiger partial charge in [-0.3, -0.25) is 9.59 Å². The number of hydrogen-bond donors (Lipinski definition) is 0. The fourth-order valence-corrected chi connectivity index (χ4v) is 1.70. The Morgan fingerprint density at radius 1 is 0.682 bits per heavy atom. The second-order valence-electron chi connectivity index (χ2n) is 4.47. The molecule has 0 atom stereocenters. The van der Waals surface area contributed by atoms with Crippen molar-refractivity contribution < 1.29 is 19.1 Å². The van der Waals surface area contributed by atoms with Gasteiger partial charge in [0.25, 0.3) is 0 Å². The molecule has 0 unspecified atom stereocenters. The Bertz CT molecular complexity index is 531. The fraction of sp³-hybridized carbons (Fsp3) is 0.176. The quantitative estimate of drug-likeness (QED) is 0.405. The van der Waals surface area contributed by atoms with E-state index in [0.717, 1.165) is 11.1 Å². The van der Waals surface area contributed by atoms with Crippen molar-refractivity contribution in [1.82, 2.24) is 0 Å². The summed E-state index contributed by atoms with van der Waals surface area (Å²) in [5.74, 6) is -1.17. The van der Waals surface area contributed by atoms with Gasteiger partial charge in [-0.05, 0) is 11.1 Å². The van der Waals surface area contributed by atoms with Crippen molar-refractivity contribution in [3.63, 3.8) is 0 Å². The molecule has 4 nitrogen and oxygen atoms in total. The Morgan fingerprint density at radius 2 is 1.05 bits per heavy atom. The van der Waals surface area contributed by atoms with Crippen LogP contribution >= 0.6 is 0 Å². The average Bonchev–Trinajstić information content (AvgIpc) is 2.53. The van der Waals surface area contributed by atoms with Crippen LogP contribution in [0.15, 0.2) is 60.7 Å². The molecule has 0 radical (unpaired) electrons. The number of carbonyl (C=O) groups is 2. The number of ether oxygens (including phenoxy) is 2. The van der Waals surface area contributed by atoms with Crippen molar-refractivity contribution in [1.29, 1.82) is 0 Å². The average molecular weight is 424 g/mol. The van der Waals surface area contributed by atoms with E-state index >= 15 is 0 Å². The molecule has 0 saturated heterocycles. The number of carbonyl (C=O) groups excluding carboxylic acids is 2. The summed E-state index contributed by atoms with van der Waals surface area (Å²) in [6.07, 6.45) is -0.375. The minimum atomic E-state index is -0.586. The van der Waals surface area contributed by atoms with Crippen molar-refractivity contribution in [2.24, 2.45) is 0 Å². The summed E-state index contributed by atoms with van der Waals surface area (Å²) in [5.41, 5.74) is 1.76. The van der Waals surface area contributed by atoms with Gasteiger partial charge in [-0.25, -0.2) is 0 Å². The molecule has 0 bridgehead atoms. The number of rotatable bonds is 6. The second kappa shape index (κ2) is 10.6. The van der Waals surface area contributed by atoms with Crippen molar-refractivity contribution in [3.05, 3.63) is 71.8 Å². The van der Waals surface area contributed by atoms with Crippen LogP contribution in [0.2, 0.25) is 0 Å². The van der Waals surface area contributed by atoms with Gasteiger partial charge in [0.2, 0.25) is 0 Å². The Labute approximate surface area is 169 Å². The Morgan fingerprint density at radius 3 is 1.41 bits per heavy atom. The maximum atomic E-state index is 11.5. The minimum absolute atomic E-state index is 0. The molecule has 0 spiro atoms. The van der Waals surface area contributed by atoms with E-state index in [1.165, 1.54) is 0 Å². The monoisotopic (exact) mass is 424 g/mol. The van der Waals surface area contributed by atoms with Crippen molar-refractivity contribution >= 4 is 60.8 Å². The molecule has 2 aromatic rings. The number of esters is 2. The Balaban J connectivity index is 0.00000242. The molecule has 0 fully saturated rings. The maximum absolute atomic E-state index is 11.5. The SMILES string of the molecule is O=C(CC(=O)OCc1ccccc1)OCc1ccccc1.[BaH2]. The van der Waals surface area contributed by atoms with E-state index in [2.05, 4.69) is 0 Å². The Kier molecular flexibility index (Phi) is 9.19. The molecule has 0 aromatic heterocycles. The normalized spacial score (nSPS) is 9.45. The molecule has 5 heteroatoms. The first-order valence-corrected chi connectivity index (χ1v) is 6.63. The van der Waals surface area contributed by atoms with Gasteiger partial charge in [0.1, 0.15) is 19.6 Å². The zero-order valence-electron chi connectivity index (χ0n) is 11.5.